The Kier molecular flexibility index (Phi) is 1.91. The summed E-state index contributed by atoms with van der Waals surface area (Å²) in [4.78, 5) is 25.1. The van der Waals surface area contributed by atoms with Crippen LogP contribution in [-0.2, 0) is 0 Å². The number of rotatable bonds is 2. The number of carboxylic acid groups (broad SMARTS) is 1. The van der Waals surface area contributed by atoms with Crippen molar-refractivity contribution in [1.82, 2.24) is 19.9 Å². The zero-order valence-corrected chi connectivity index (χ0v) is 8.41. The first-order valence-electron chi connectivity index (χ1n) is 4.72. The number of furan rings is 1. The van der Waals surface area contributed by atoms with Gasteiger partial charge < -0.3 is 14.5 Å². The van der Waals surface area contributed by atoms with Gasteiger partial charge in [0, 0.05) is 6.07 Å². The number of fused-ring (bicyclic) bond motifs is 1. The number of nitrogens with zero attached hydrogens (tertiary/aromatic N) is 3. The van der Waals surface area contributed by atoms with Gasteiger partial charge in [0.1, 0.15) is 17.5 Å². The second-order valence-corrected chi connectivity index (χ2v) is 3.33. The summed E-state index contributed by atoms with van der Waals surface area (Å²) in [6.45, 7) is 0. The molecule has 0 amide bonds. The van der Waals surface area contributed by atoms with Gasteiger partial charge in [0.25, 0.3) is 0 Å². The Bertz CT molecular complexity index is 667. The predicted molar refractivity (Wildman–Crippen MR) is 56.3 cm³/mol. The van der Waals surface area contributed by atoms with E-state index in [2.05, 4.69) is 19.9 Å². The summed E-state index contributed by atoms with van der Waals surface area (Å²) in [5.41, 5.74) is 1.17. The van der Waals surface area contributed by atoms with E-state index in [-0.39, 0.29) is 5.69 Å². The maximum absolute atomic E-state index is 10.7. The van der Waals surface area contributed by atoms with Crippen LogP contribution in [0.1, 0.15) is 10.5 Å². The first-order chi connectivity index (χ1) is 8.24. The molecule has 3 heterocycles. The second-order valence-electron chi connectivity index (χ2n) is 3.33. The quantitative estimate of drug-likeness (QED) is 0.687. The van der Waals surface area contributed by atoms with Crippen molar-refractivity contribution in [1.29, 1.82) is 0 Å². The lowest BCUT2D eigenvalue weighted by molar-refractivity contribution is 0.0691. The van der Waals surface area contributed by atoms with Gasteiger partial charge >= 0.3 is 5.97 Å². The SMILES string of the molecule is O=C(O)c1cnc(-c2cc3ncncc3o2)[nH]1. The van der Waals surface area contributed by atoms with Gasteiger partial charge in [-0.05, 0) is 0 Å². The van der Waals surface area contributed by atoms with E-state index in [1.807, 2.05) is 0 Å². The molecule has 0 saturated heterocycles. The highest BCUT2D eigenvalue weighted by Gasteiger charge is 2.13. The highest BCUT2D eigenvalue weighted by molar-refractivity contribution is 5.86. The van der Waals surface area contributed by atoms with E-state index in [9.17, 15) is 4.79 Å². The summed E-state index contributed by atoms with van der Waals surface area (Å²) in [5, 5.41) is 8.76. The largest absolute Gasteiger partial charge is 0.477 e. The molecule has 7 heteroatoms. The first-order valence-corrected chi connectivity index (χ1v) is 4.72. The Morgan fingerprint density at radius 3 is 2.94 bits per heavy atom. The summed E-state index contributed by atoms with van der Waals surface area (Å²) in [6, 6.07) is 1.67. The molecule has 0 bridgehead atoms. The van der Waals surface area contributed by atoms with Gasteiger partial charge in [-0.3, -0.25) is 0 Å². The molecule has 0 fully saturated rings. The number of carboxylic acids is 1. The fraction of sp³-hybridized carbons (Fsp3) is 0. The summed E-state index contributed by atoms with van der Waals surface area (Å²) >= 11 is 0. The molecule has 0 atom stereocenters. The average Bonchev–Trinajstić information content (AvgIpc) is 2.95. The molecule has 0 spiro atoms. The van der Waals surface area contributed by atoms with Crippen LogP contribution in [0.4, 0.5) is 0 Å². The number of hydrogen-bond acceptors (Lipinski definition) is 5. The molecule has 3 rings (SSSR count). The van der Waals surface area contributed by atoms with Crippen LogP contribution in [0.25, 0.3) is 22.7 Å². The standard InChI is InChI=1S/C10H6N4O3/c15-10(16)6-2-12-9(14-6)7-1-5-8(17-7)3-11-4-13-5/h1-4H,(H,12,14)(H,15,16). The lowest BCUT2D eigenvalue weighted by Gasteiger charge is -1.88. The van der Waals surface area contributed by atoms with Crippen molar-refractivity contribution in [3.8, 4) is 11.6 Å². The Morgan fingerprint density at radius 2 is 2.24 bits per heavy atom. The Hall–Kier alpha value is -2.70. The Labute approximate surface area is 94.2 Å². The smallest absolute Gasteiger partial charge is 0.353 e. The van der Waals surface area contributed by atoms with Gasteiger partial charge in [-0.2, -0.15) is 0 Å². The van der Waals surface area contributed by atoms with Crippen molar-refractivity contribution in [3.05, 3.63) is 30.5 Å². The highest BCUT2D eigenvalue weighted by atomic mass is 16.4. The zero-order valence-electron chi connectivity index (χ0n) is 8.41. The highest BCUT2D eigenvalue weighted by Crippen LogP contribution is 2.23. The summed E-state index contributed by atoms with van der Waals surface area (Å²) in [7, 11) is 0. The molecule has 84 valence electrons. The molecule has 0 saturated carbocycles. The van der Waals surface area contributed by atoms with Crippen molar-refractivity contribution in [2.24, 2.45) is 0 Å². The molecule has 0 aliphatic heterocycles. The minimum Gasteiger partial charge on any atom is -0.477 e. The van der Waals surface area contributed by atoms with Crippen LogP contribution in [0.3, 0.4) is 0 Å². The van der Waals surface area contributed by atoms with E-state index in [1.165, 1.54) is 18.7 Å². The van der Waals surface area contributed by atoms with Gasteiger partial charge in [-0.25, -0.2) is 19.7 Å². The molecule has 0 radical (unpaired) electrons. The van der Waals surface area contributed by atoms with Crippen LogP contribution >= 0.6 is 0 Å². The lowest BCUT2D eigenvalue weighted by Crippen LogP contribution is -1.95. The molecule has 0 aliphatic rings. The van der Waals surface area contributed by atoms with Crippen molar-refractivity contribution in [3.63, 3.8) is 0 Å². The van der Waals surface area contributed by atoms with Crippen molar-refractivity contribution < 1.29 is 14.3 Å². The Balaban J connectivity index is 2.10. The molecule has 0 aromatic carbocycles. The van der Waals surface area contributed by atoms with Gasteiger partial charge in [0.15, 0.2) is 17.2 Å². The summed E-state index contributed by atoms with van der Waals surface area (Å²) in [6.07, 6.45) is 4.18. The van der Waals surface area contributed by atoms with Crippen LogP contribution in [0.15, 0.2) is 29.2 Å². The summed E-state index contributed by atoms with van der Waals surface area (Å²) in [5.74, 6) is -0.298. The van der Waals surface area contributed by atoms with E-state index in [0.717, 1.165) is 0 Å². The first kappa shape index (κ1) is 9.52. The normalized spacial score (nSPS) is 10.8. The molecule has 3 aromatic heterocycles. The van der Waals surface area contributed by atoms with E-state index in [1.54, 1.807) is 6.07 Å². The van der Waals surface area contributed by atoms with Crippen LogP contribution in [0.2, 0.25) is 0 Å². The third kappa shape index (κ3) is 1.53. The average molecular weight is 230 g/mol. The third-order valence-electron chi connectivity index (χ3n) is 2.24. The molecule has 0 aliphatic carbocycles. The number of aromatic nitrogens is 4. The lowest BCUT2D eigenvalue weighted by atomic mass is 10.4. The number of H-pyrrole nitrogens is 1. The van der Waals surface area contributed by atoms with E-state index < -0.39 is 5.97 Å². The van der Waals surface area contributed by atoms with E-state index in [4.69, 9.17) is 9.52 Å². The topological polar surface area (TPSA) is 105 Å². The number of nitrogens with one attached hydrogen (secondary N) is 1. The van der Waals surface area contributed by atoms with Gasteiger partial charge in [-0.1, -0.05) is 0 Å². The third-order valence-corrected chi connectivity index (χ3v) is 2.24. The van der Waals surface area contributed by atoms with Crippen LogP contribution in [0.5, 0.6) is 0 Å². The molecule has 7 nitrogen and oxygen atoms in total. The fourth-order valence-corrected chi connectivity index (χ4v) is 1.46. The minimum atomic E-state index is -1.07. The molecular formula is C10H6N4O3. The molecular weight excluding hydrogens is 224 g/mol. The number of carbonyl (C=O) groups is 1. The van der Waals surface area contributed by atoms with E-state index >= 15 is 0 Å². The second kappa shape index (κ2) is 3.41. The molecule has 2 N–H and O–H groups in total. The van der Waals surface area contributed by atoms with E-state index in [0.29, 0.717) is 22.7 Å². The maximum atomic E-state index is 10.7. The van der Waals surface area contributed by atoms with Gasteiger partial charge in [-0.15, -0.1) is 0 Å². The number of hydrogen-bond donors (Lipinski definition) is 2. The number of imidazole rings is 1. The minimum absolute atomic E-state index is 0.00606. The fourth-order valence-electron chi connectivity index (χ4n) is 1.46. The van der Waals surface area contributed by atoms with Crippen molar-refractivity contribution in [2.75, 3.05) is 0 Å². The predicted octanol–water partition coefficient (Wildman–Crippen LogP) is 1.31. The number of aromatic carboxylic acids is 1. The van der Waals surface area contributed by atoms with Gasteiger partial charge in [0.2, 0.25) is 0 Å². The monoisotopic (exact) mass is 230 g/mol. The van der Waals surface area contributed by atoms with Crippen LogP contribution in [-0.4, -0.2) is 31.0 Å². The summed E-state index contributed by atoms with van der Waals surface area (Å²) < 4.78 is 5.44. The van der Waals surface area contributed by atoms with Crippen LogP contribution < -0.4 is 0 Å². The maximum Gasteiger partial charge on any atom is 0.353 e. The Morgan fingerprint density at radius 1 is 1.35 bits per heavy atom. The zero-order chi connectivity index (χ0) is 11.8. The van der Waals surface area contributed by atoms with Crippen LogP contribution in [0, 0.1) is 0 Å². The van der Waals surface area contributed by atoms with Crippen molar-refractivity contribution in [2.45, 2.75) is 0 Å². The van der Waals surface area contributed by atoms with Crippen molar-refractivity contribution >= 4 is 17.1 Å². The van der Waals surface area contributed by atoms with Gasteiger partial charge in [0.05, 0.1) is 12.4 Å². The molecule has 3 aromatic rings. The number of aromatic amines is 1. The molecule has 17 heavy (non-hydrogen) atoms. The molecule has 0 unspecified atom stereocenters.